The highest BCUT2D eigenvalue weighted by Crippen LogP contribution is 2.45. The minimum Gasteiger partial charge on any atom is -0.480 e. The Morgan fingerprint density at radius 1 is 1.21 bits per heavy atom. The number of fused-ring (bicyclic) bond motifs is 1. The number of piperidine rings is 1. The molecule has 2 aliphatic heterocycles. The Morgan fingerprint density at radius 2 is 2.00 bits per heavy atom. The third-order valence-corrected chi connectivity index (χ3v) is 6.93. The molecule has 0 aromatic carbocycles. The third-order valence-electron chi connectivity index (χ3n) is 6.47. The Morgan fingerprint density at radius 3 is 2.70 bits per heavy atom. The van der Waals surface area contributed by atoms with E-state index in [-0.39, 0.29) is 22.9 Å². The smallest absolute Gasteiger partial charge is 0.417 e. The molecule has 176 valence electrons. The molecule has 1 saturated carbocycles. The molecule has 0 amide bonds. The summed E-state index contributed by atoms with van der Waals surface area (Å²) in [6, 6.07) is 2.81. The van der Waals surface area contributed by atoms with Crippen molar-refractivity contribution < 1.29 is 21.8 Å². The highest BCUT2D eigenvalue weighted by molar-refractivity contribution is 7.94. The summed E-state index contributed by atoms with van der Waals surface area (Å²) < 4.78 is 55.5. The topological polar surface area (TPSA) is 56.1 Å². The maximum Gasteiger partial charge on any atom is 0.417 e. The first-order chi connectivity index (χ1) is 15.9. The van der Waals surface area contributed by atoms with Gasteiger partial charge in [-0.2, -0.15) is 17.1 Å². The van der Waals surface area contributed by atoms with Crippen LogP contribution in [-0.2, 0) is 25.7 Å². The SMILES string of the molecule is COc1ncc(C(F)(F)F)cc1SF.c1cc2c3c(n1)nc(CN1CC4CC4C1)n3CCC2. The Bertz CT molecular complexity index is 1160. The van der Waals surface area contributed by atoms with Gasteiger partial charge in [0.15, 0.2) is 5.65 Å². The van der Waals surface area contributed by atoms with Gasteiger partial charge < -0.3 is 9.30 Å². The lowest BCUT2D eigenvalue weighted by Crippen LogP contribution is -2.24. The third kappa shape index (κ3) is 4.52. The number of methoxy groups -OCH3 is 1. The van der Waals surface area contributed by atoms with E-state index in [2.05, 4.69) is 30.2 Å². The monoisotopic (exact) mass is 481 g/mol. The number of alkyl halides is 3. The number of ether oxygens (including phenoxy) is 1. The summed E-state index contributed by atoms with van der Waals surface area (Å²) in [6.07, 6.45) is 1.87. The van der Waals surface area contributed by atoms with E-state index in [4.69, 9.17) is 4.98 Å². The van der Waals surface area contributed by atoms with Gasteiger partial charge in [-0.3, -0.25) is 4.90 Å². The van der Waals surface area contributed by atoms with Crippen LogP contribution in [0.1, 0.15) is 29.8 Å². The maximum atomic E-state index is 12.2. The largest absolute Gasteiger partial charge is 0.480 e. The van der Waals surface area contributed by atoms with Crippen molar-refractivity contribution in [3.63, 3.8) is 0 Å². The van der Waals surface area contributed by atoms with Gasteiger partial charge in [0.1, 0.15) is 10.7 Å². The van der Waals surface area contributed by atoms with Crippen LogP contribution in [0.15, 0.2) is 29.4 Å². The molecular weight excluding hydrogens is 458 g/mol. The molecule has 6 rings (SSSR count). The fourth-order valence-electron chi connectivity index (χ4n) is 4.78. The molecule has 2 atom stereocenters. The summed E-state index contributed by atoms with van der Waals surface area (Å²) in [6.45, 7) is 4.70. The number of likely N-dealkylation sites (tertiary alicyclic amines) is 1. The van der Waals surface area contributed by atoms with Crippen molar-refractivity contribution in [2.24, 2.45) is 11.8 Å². The van der Waals surface area contributed by atoms with Crippen molar-refractivity contribution in [3.8, 4) is 5.88 Å². The van der Waals surface area contributed by atoms with Crippen LogP contribution in [0, 0.1) is 11.8 Å². The highest BCUT2D eigenvalue weighted by atomic mass is 32.2. The first-order valence-corrected chi connectivity index (χ1v) is 11.5. The van der Waals surface area contributed by atoms with E-state index in [9.17, 15) is 17.1 Å². The summed E-state index contributed by atoms with van der Waals surface area (Å²) in [5, 5.41) is 0. The van der Waals surface area contributed by atoms with Crippen LogP contribution in [0.25, 0.3) is 11.2 Å². The molecule has 0 N–H and O–H groups in total. The molecule has 1 saturated heterocycles. The van der Waals surface area contributed by atoms with Crippen LogP contribution in [0.4, 0.5) is 17.1 Å². The average Bonchev–Trinajstić information content (AvgIpc) is 3.26. The summed E-state index contributed by atoms with van der Waals surface area (Å²) in [7, 11) is 1.20. The van der Waals surface area contributed by atoms with Gasteiger partial charge >= 0.3 is 6.18 Å². The number of hydrogen-bond donors (Lipinski definition) is 0. The zero-order chi connectivity index (χ0) is 23.2. The zero-order valence-corrected chi connectivity index (χ0v) is 18.8. The normalized spacial score (nSPS) is 21.5. The molecule has 11 heteroatoms. The van der Waals surface area contributed by atoms with E-state index in [1.165, 1.54) is 56.4 Å². The van der Waals surface area contributed by atoms with E-state index < -0.39 is 11.7 Å². The van der Waals surface area contributed by atoms with Gasteiger partial charge in [-0.15, -0.1) is 0 Å². The quantitative estimate of drug-likeness (QED) is 0.494. The Balaban J connectivity index is 0.000000147. The van der Waals surface area contributed by atoms with Crippen molar-refractivity contribution >= 4 is 23.3 Å². The molecule has 2 unspecified atom stereocenters. The molecule has 1 aliphatic carbocycles. The van der Waals surface area contributed by atoms with E-state index in [0.717, 1.165) is 30.6 Å². The first kappa shape index (κ1) is 22.4. The van der Waals surface area contributed by atoms with Crippen LogP contribution < -0.4 is 4.74 Å². The standard InChI is InChI=1S/C15H18N4.C7H5F4NOS/c1-2-10-3-4-16-15-14(10)19(5-1)13(17-15)9-18-7-11-6-12(11)8-18;1-13-6-5(14-11)2-4(3-12-6)7(8,9)10/h3-4,11-12H,1-2,5-9H2;2-3H,1H3. The fraction of sp³-hybridized carbons (Fsp3) is 0.500. The number of halogens is 4. The predicted molar refractivity (Wildman–Crippen MR) is 115 cm³/mol. The van der Waals surface area contributed by atoms with Crippen molar-refractivity contribution in [2.45, 2.75) is 43.4 Å². The lowest BCUT2D eigenvalue weighted by Gasteiger charge is -2.20. The molecule has 2 fully saturated rings. The molecule has 0 spiro atoms. The second-order valence-electron chi connectivity index (χ2n) is 8.68. The van der Waals surface area contributed by atoms with E-state index in [1.807, 2.05) is 6.20 Å². The van der Waals surface area contributed by atoms with Gasteiger partial charge in [0, 0.05) is 32.0 Å². The van der Waals surface area contributed by atoms with E-state index in [0.29, 0.717) is 12.3 Å². The molecule has 0 radical (unpaired) electrons. The Kier molecular flexibility index (Phi) is 5.94. The Hall–Kier alpha value is -2.40. The zero-order valence-electron chi connectivity index (χ0n) is 18.0. The number of pyridine rings is 2. The number of hydrogen-bond acceptors (Lipinski definition) is 6. The van der Waals surface area contributed by atoms with Gasteiger partial charge in [-0.1, -0.05) is 0 Å². The Labute approximate surface area is 192 Å². The maximum absolute atomic E-state index is 12.2. The van der Waals surface area contributed by atoms with Crippen LogP contribution in [0.5, 0.6) is 5.88 Å². The molecule has 3 aromatic rings. The van der Waals surface area contributed by atoms with Crippen molar-refractivity contribution in [2.75, 3.05) is 20.2 Å². The summed E-state index contributed by atoms with van der Waals surface area (Å²) in [5.74, 6) is 3.07. The van der Waals surface area contributed by atoms with Crippen LogP contribution in [0.3, 0.4) is 0 Å². The fourth-order valence-corrected chi connectivity index (χ4v) is 5.15. The number of rotatable bonds is 4. The van der Waals surface area contributed by atoms with Crippen molar-refractivity contribution in [1.29, 1.82) is 0 Å². The van der Waals surface area contributed by atoms with Crippen LogP contribution in [0.2, 0.25) is 0 Å². The van der Waals surface area contributed by atoms with Gasteiger partial charge in [0.2, 0.25) is 5.88 Å². The second-order valence-corrected chi connectivity index (χ2v) is 9.28. The van der Waals surface area contributed by atoms with Crippen molar-refractivity contribution in [3.05, 3.63) is 41.5 Å². The van der Waals surface area contributed by atoms with Crippen LogP contribution in [-0.4, -0.2) is 44.6 Å². The predicted octanol–water partition coefficient (Wildman–Crippen LogP) is 4.91. The van der Waals surface area contributed by atoms with E-state index >= 15 is 0 Å². The number of nitrogens with zero attached hydrogens (tertiary/aromatic N) is 5. The lowest BCUT2D eigenvalue weighted by molar-refractivity contribution is -0.138. The summed E-state index contributed by atoms with van der Waals surface area (Å²) >= 11 is -0.337. The van der Waals surface area contributed by atoms with Gasteiger partial charge in [0.25, 0.3) is 0 Å². The van der Waals surface area contributed by atoms with Gasteiger partial charge in [-0.05, 0) is 48.8 Å². The van der Waals surface area contributed by atoms with Crippen LogP contribution >= 0.6 is 12.1 Å². The number of aromatic nitrogens is 4. The average molecular weight is 482 g/mol. The van der Waals surface area contributed by atoms with Crippen molar-refractivity contribution in [1.82, 2.24) is 24.4 Å². The molecule has 0 bridgehead atoms. The van der Waals surface area contributed by atoms with Gasteiger partial charge in [-0.25, -0.2) is 15.0 Å². The molecular formula is C22H23F4N5OS. The highest BCUT2D eigenvalue weighted by Gasteiger charge is 2.45. The summed E-state index contributed by atoms with van der Waals surface area (Å²) in [5.41, 5.74) is 2.68. The molecule has 3 aliphatic rings. The number of aryl methyl sites for hydroxylation is 2. The minimum absolute atomic E-state index is 0.162. The first-order valence-electron chi connectivity index (χ1n) is 10.8. The molecule has 3 aromatic heterocycles. The van der Waals surface area contributed by atoms with Gasteiger partial charge in [0.05, 0.1) is 36.9 Å². The van der Waals surface area contributed by atoms with E-state index in [1.54, 1.807) is 0 Å². The second kappa shape index (κ2) is 8.75. The lowest BCUT2D eigenvalue weighted by atomic mass is 10.1. The molecule has 33 heavy (non-hydrogen) atoms. The molecule has 6 nitrogen and oxygen atoms in total. The summed E-state index contributed by atoms with van der Waals surface area (Å²) in [4.78, 5) is 14.9. The number of imidazole rings is 1. The molecule has 5 heterocycles. The minimum atomic E-state index is -4.52.